The van der Waals surface area contributed by atoms with Crippen LogP contribution in [0.2, 0.25) is 0 Å². The smallest absolute Gasteiger partial charge is 0.462 e. The summed E-state index contributed by atoms with van der Waals surface area (Å²) in [6.07, 6.45) is 45.0. The molecule has 0 saturated heterocycles. The molecule has 0 bridgehead atoms. The van der Waals surface area contributed by atoms with Crippen LogP contribution in [0.5, 0.6) is 0 Å². The molecule has 0 aliphatic heterocycles. The molecule has 2 unspecified atom stereocenters. The Morgan fingerprint density at radius 2 is 1.12 bits per heavy atom. The van der Waals surface area contributed by atoms with Gasteiger partial charge in [-0.05, 0) is 70.6 Å². The fraction of sp³-hybridized carbons (Fsp3) is 0.610. The van der Waals surface area contributed by atoms with E-state index >= 15 is 0 Å². The topological polar surface area (TPSA) is 134 Å². The van der Waals surface area contributed by atoms with Crippen molar-refractivity contribution in [1.82, 2.24) is 0 Å². The molecule has 290 valence electrons. The first-order valence-corrected chi connectivity index (χ1v) is 20.6. The van der Waals surface area contributed by atoms with E-state index in [9.17, 15) is 19.0 Å². The summed E-state index contributed by atoms with van der Waals surface area (Å²) < 4.78 is 32.5. The lowest BCUT2D eigenvalue weighted by Gasteiger charge is -2.19. The van der Waals surface area contributed by atoms with E-state index in [1.807, 2.05) is 18.2 Å². The van der Waals surface area contributed by atoms with E-state index in [2.05, 4.69) is 80.7 Å². The van der Waals surface area contributed by atoms with Crippen molar-refractivity contribution in [2.24, 2.45) is 5.73 Å². The molecule has 0 rings (SSSR count). The molecule has 0 saturated carbocycles. The van der Waals surface area contributed by atoms with Crippen molar-refractivity contribution in [2.45, 2.75) is 136 Å². The van der Waals surface area contributed by atoms with Gasteiger partial charge in [0.1, 0.15) is 6.61 Å². The molecule has 2 atom stereocenters. The summed E-state index contributed by atoms with van der Waals surface area (Å²) in [5.41, 5.74) is 5.32. The van der Waals surface area contributed by atoms with Gasteiger partial charge in [-0.1, -0.05) is 131 Å². The van der Waals surface area contributed by atoms with E-state index in [0.29, 0.717) is 12.8 Å². The number of phosphoric acid groups is 1. The SMILES string of the molecule is CC/C=C/C/C=C/C/C=C/C/C=C/C/C=C/CCCC(=O)OCC(COP(=O)(O)OCCN)OC(=O)CC/C=C/C/C=C/CCCCCCCC. The molecule has 10 heteroatoms. The van der Waals surface area contributed by atoms with Crippen molar-refractivity contribution >= 4 is 19.8 Å². The van der Waals surface area contributed by atoms with E-state index < -0.39 is 32.5 Å². The average Bonchev–Trinajstić information content (AvgIpc) is 3.11. The highest BCUT2D eigenvalue weighted by Crippen LogP contribution is 2.43. The monoisotopic (exact) mass is 733 g/mol. The van der Waals surface area contributed by atoms with E-state index in [4.69, 9.17) is 24.3 Å². The zero-order valence-electron chi connectivity index (χ0n) is 31.5. The third kappa shape index (κ3) is 36.8. The lowest BCUT2D eigenvalue weighted by atomic mass is 10.1. The van der Waals surface area contributed by atoms with Crippen LogP contribution >= 0.6 is 7.82 Å². The number of rotatable bonds is 34. The molecule has 0 aliphatic rings. The van der Waals surface area contributed by atoms with Crippen LogP contribution < -0.4 is 5.73 Å². The zero-order valence-corrected chi connectivity index (χ0v) is 32.4. The first-order chi connectivity index (χ1) is 24.8. The molecular formula is C41H68NO8P. The lowest BCUT2D eigenvalue weighted by molar-refractivity contribution is -0.161. The van der Waals surface area contributed by atoms with Crippen LogP contribution in [0.15, 0.2) is 85.1 Å². The van der Waals surface area contributed by atoms with Gasteiger partial charge in [-0.25, -0.2) is 4.57 Å². The fourth-order valence-electron chi connectivity index (χ4n) is 4.48. The molecule has 3 N–H and O–H groups in total. The number of nitrogens with two attached hydrogens (primary N) is 1. The fourth-order valence-corrected chi connectivity index (χ4v) is 5.25. The Labute approximate surface area is 309 Å². The van der Waals surface area contributed by atoms with Crippen LogP contribution in [0.25, 0.3) is 0 Å². The van der Waals surface area contributed by atoms with Gasteiger partial charge in [0.2, 0.25) is 0 Å². The number of carbonyl (C=O) groups excluding carboxylic acids is 2. The van der Waals surface area contributed by atoms with E-state index in [1.165, 1.54) is 38.5 Å². The quantitative estimate of drug-likeness (QED) is 0.0287. The summed E-state index contributed by atoms with van der Waals surface area (Å²) in [6.45, 7) is 3.44. The minimum Gasteiger partial charge on any atom is -0.462 e. The predicted molar refractivity (Wildman–Crippen MR) is 210 cm³/mol. The second-order valence-electron chi connectivity index (χ2n) is 12.1. The van der Waals surface area contributed by atoms with Crippen LogP contribution in [0.4, 0.5) is 0 Å². The Morgan fingerprint density at radius 1 is 0.608 bits per heavy atom. The normalized spacial score (nSPS) is 14.4. The minimum atomic E-state index is -4.40. The molecule has 0 heterocycles. The number of hydrogen-bond acceptors (Lipinski definition) is 8. The first kappa shape index (κ1) is 48.2. The predicted octanol–water partition coefficient (Wildman–Crippen LogP) is 10.5. The van der Waals surface area contributed by atoms with Gasteiger partial charge in [-0.15, -0.1) is 0 Å². The van der Waals surface area contributed by atoms with Crippen molar-refractivity contribution in [3.05, 3.63) is 85.1 Å². The van der Waals surface area contributed by atoms with Gasteiger partial charge in [0, 0.05) is 19.4 Å². The van der Waals surface area contributed by atoms with Gasteiger partial charge in [-0.2, -0.15) is 0 Å². The number of hydrogen-bond donors (Lipinski definition) is 2. The zero-order chi connectivity index (χ0) is 37.5. The van der Waals surface area contributed by atoms with E-state index in [0.717, 1.165) is 51.4 Å². The maximum absolute atomic E-state index is 12.5. The largest absolute Gasteiger partial charge is 0.472 e. The van der Waals surface area contributed by atoms with Gasteiger partial charge in [0.15, 0.2) is 6.10 Å². The van der Waals surface area contributed by atoms with Crippen LogP contribution in [0, 0.1) is 0 Å². The standard InChI is InChI=1S/C41H68NO8P/c1-3-5-7-9-11-13-15-17-18-19-20-22-23-25-27-29-31-33-40(43)47-37-39(38-49-51(45,46)48-36-35-42)50-41(44)34-32-30-28-26-24-21-16-14-12-10-8-6-4-2/h5,7,11,13,17-18,20-22,24-25,27-28,30,39H,3-4,6,8-10,12,14-16,19,23,26,29,31-38,42H2,1-2H3,(H,45,46)/b7-5+,13-11+,18-17+,22-20+,24-21+,27-25+,30-28+. The minimum absolute atomic E-state index is 0.0337. The number of carbonyl (C=O) groups is 2. The van der Waals surface area contributed by atoms with Crippen LogP contribution in [-0.2, 0) is 32.7 Å². The Morgan fingerprint density at radius 3 is 1.69 bits per heavy atom. The molecule has 0 radical (unpaired) electrons. The average molecular weight is 734 g/mol. The van der Waals surface area contributed by atoms with Crippen LogP contribution in [0.1, 0.15) is 129 Å². The second kappa shape index (κ2) is 37.0. The molecule has 0 amide bonds. The molecule has 51 heavy (non-hydrogen) atoms. The van der Waals surface area contributed by atoms with Crippen molar-refractivity contribution < 1.29 is 37.6 Å². The van der Waals surface area contributed by atoms with Crippen molar-refractivity contribution in [3.63, 3.8) is 0 Å². The van der Waals surface area contributed by atoms with Crippen LogP contribution in [0.3, 0.4) is 0 Å². The Bertz CT molecular complexity index is 1110. The van der Waals surface area contributed by atoms with Gasteiger partial charge in [-0.3, -0.25) is 18.6 Å². The van der Waals surface area contributed by atoms with Crippen LogP contribution in [-0.4, -0.2) is 49.3 Å². The van der Waals surface area contributed by atoms with Gasteiger partial charge in [0.05, 0.1) is 13.2 Å². The number of phosphoric ester groups is 1. The maximum Gasteiger partial charge on any atom is 0.472 e. The van der Waals surface area contributed by atoms with Crippen molar-refractivity contribution in [3.8, 4) is 0 Å². The highest BCUT2D eigenvalue weighted by atomic mass is 31.2. The third-order valence-corrected chi connectivity index (χ3v) is 8.26. The second-order valence-corrected chi connectivity index (χ2v) is 13.5. The first-order valence-electron chi connectivity index (χ1n) is 19.1. The summed E-state index contributed by atoms with van der Waals surface area (Å²) in [5.74, 6) is -0.987. The summed E-state index contributed by atoms with van der Waals surface area (Å²) in [5, 5.41) is 0. The molecule has 0 aliphatic carbocycles. The molecule has 0 aromatic carbocycles. The van der Waals surface area contributed by atoms with Crippen molar-refractivity contribution in [1.29, 1.82) is 0 Å². The molecule has 9 nitrogen and oxygen atoms in total. The summed E-state index contributed by atoms with van der Waals surface area (Å²) in [4.78, 5) is 34.6. The number of esters is 2. The van der Waals surface area contributed by atoms with E-state index in [1.54, 1.807) is 0 Å². The van der Waals surface area contributed by atoms with Gasteiger partial charge in [0.25, 0.3) is 0 Å². The number of allylic oxidation sites excluding steroid dienone is 14. The summed E-state index contributed by atoms with van der Waals surface area (Å²) in [7, 11) is -4.40. The highest BCUT2D eigenvalue weighted by Gasteiger charge is 2.25. The Kier molecular flexibility index (Phi) is 34.9. The highest BCUT2D eigenvalue weighted by molar-refractivity contribution is 7.47. The third-order valence-electron chi connectivity index (χ3n) is 7.28. The number of ether oxygens (including phenoxy) is 2. The Hall–Kier alpha value is -2.81. The lowest BCUT2D eigenvalue weighted by Crippen LogP contribution is -2.29. The molecule has 0 fully saturated rings. The van der Waals surface area contributed by atoms with Crippen molar-refractivity contribution in [2.75, 3.05) is 26.4 Å². The summed E-state index contributed by atoms with van der Waals surface area (Å²) >= 11 is 0. The van der Waals surface area contributed by atoms with E-state index in [-0.39, 0.29) is 32.6 Å². The summed E-state index contributed by atoms with van der Waals surface area (Å²) in [6, 6.07) is 0. The molecule has 0 aromatic rings. The number of unbranched alkanes of at least 4 members (excludes halogenated alkanes) is 7. The molecule has 0 spiro atoms. The molecule has 0 aromatic heterocycles. The maximum atomic E-state index is 12.5. The van der Waals surface area contributed by atoms with Gasteiger partial charge >= 0.3 is 19.8 Å². The van der Waals surface area contributed by atoms with Gasteiger partial charge < -0.3 is 20.1 Å². The Balaban J connectivity index is 4.42. The molecular weight excluding hydrogens is 665 g/mol.